The number of phosphoric ester groups is 1. The Morgan fingerprint density at radius 1 is 0.493 bits per heavy atom. The van der Waals surface area contributed by atoms with Crippen LogP contribution in [0.3, 0.4) is 0 Å². The van der Waals surface area contributed by atoms with Crippen LogP contribution in [-0.2, 0) is 18.4 Å². The van der Waals surface area contributed by atoms with E-state index in [9.17, 15) is 19.4 Å². The van der Waals surface area contributed by atoms with Gasteiger partial charge in [-0.05, 0) is 44.9 Å². The summed E-state index contributed by atoms with van der Waals surface area (Å²) in [6, 6.07) is -0.844. The van der Waals surface area contributed by atoms with E-state index >= 15 is 0 Å². The molecule has 0 fully saturated rings. The van der Waals surface area contributed by atoms with E-state index in [1.807, 2.05) is 27.2 Å². The number of phosphoric acid groups is 1. The second-order valence-electron chi connectivity index (χ2n) is 21.4. The first-order valence-corrected chi connectivity index (χ1v) is 30.7. The van der Waals surface area contributed by atoms with Gasteiger partial charge in [-0.15, -0.1) is 0 Å². The van der Waals surface area contributed by atoms with Gasteiger partial charge in [0.2, 0.25) is 5.91 Å². The van der Waals surface area contributed by atoms with Crippen molar-refractivity contribution in [1.82, 2.24) is 5.32 Å². The second kappa shape index (κ2) is 49.9. The van der Waals surface area contributed by atoms with E-state index in [2.05, 4.69) is 31.3 Å². The molecule has 0 aliphatic heterocycles. The van der Waals surface area contributed by atoms with Crippen LogP contribution in [0.5, 0.6) is 0 Å². The van der Waals surface area contributed by atoms with Crippen molar-refractivity contribution in [3.05, 3.63) is 24.3 Å². The van der Waals surface area contributed by atoms with Crippen LogP contribution in [0.4, 0.5) is 0 Å². The Kier molecular flexibility index (Phi) is 49.2. The predicted molar refractivity (Wildman–Crippen MR) is 291 cm³/mol. The Morgan fingerprint density at radius 3 is 1.15 bits per heavy atom. The number of amides is 1. The summed E-state index contributed by atoms with van der Waals surface area (Å²) in [7, 11) is 1.58. The average Bonchev–Trinajstić information content (AvgIpc) is 3.29. The van der Waals surface area contributed by atoms with Crippen molar-refractivity contribution in [2.24, 2.45) is 0 Å². The first kappa shape index (κ1) is 66.0. The molecular formula is C58H116N2O6P+. The van der Waals surface area contributed by atoms with Crippen LogP contribution in [0.25, 0.3) is 0 Å². The van der Waals surface area contributed by atoms with Crippen LogP contribution < -0.4 is 5.32 Å². The normalized spacial score (nSPS) is 14.1. The van der Waals surface area contributed by atoms with Gasteiger partial charge < -0.3 is 19.8 Å². The third kappa shape index (κ3) is 52.6. The Hall–Kier alpha value is -1.02. The standard InChI is InChI=1S/C58H115N2O6P/c1-6-8-10-12-14-16-18-20-22-24-25-26-27-28-29-30-31-32-33-34-35-36-38-40-42-44-46-48-50-52-58(62)59-56(55-66-67(63,64)65-54-53-60(3,4)5)57(61)51-49-47-45-43-41-39-37-23-21-19-17-15-13-11-9-7-2/h28-29,49,51,56-57,61H,6-27,30-48,50,52-55H2,1-5H3,(H-,59,62,63,64)/p+1/b29-28-,51-49+. The van der Waals surface area contributed by atoms with Crippen LogP contribution in [0.1, 0.15) is 290 Å². The van der Waals surface area contributed by atoms with E-state index in [-0.39, 0.29) is 19.1 Å². The quantitative estimate of drug-likeness (QED) is 0.0243. The lowest BCUT2D eigenvalue weighted by Crippen LogP contribution is -2.45. The molecule has 3 unspecified atom stereocenters. The monoisotopic (exact) mass is 968 g/mol. The fraction of sp³-hybridized carbons (Fsp3) is 0.914. The highest BCUT2D eigenvalue weighted by Crippen LogP contribution is 2.43. The zero-order chi connectivity index (χ0) is 49.2. The van der Waals surface area contributed by atoms with E-state index in [0.717, 1.165) is 38.5 Å². The molecule has 0 aromatic heterocycles. The number of likely N-dealkylation sites (N-methyl/N-ethyl adjacent to an activating group) is 1. The third-order valence-corrected chi connectivity index (χ3v) is 14.4. The fourth-order valence-electron chi connectivity index (χ4n) is 8.80. The number of aliphatic hydroxyl groups is 1. The molecule has 0 aromatic carbocycles. The number of quaternary nitrogens is 1. The molecule has 9 heteroatoms. The number of unbranched alkanes of at least 4 members (excludes halogenated alkanes) is 39. The van der Waals surface area contributed by atoms with Gasteiger partial charge in [-0.3, -0.25) is 13.8 Å². The van der Waals surface area contributed by atoms with Gasteiger partial charge in [-0.1, -0.05) is 263 Å². The van der Waals surface area contributed by atoms with Gasteiger partial charge in [-0.2, -0.15) is 0 Å². The molecular weight excluding hydrogens is 852 g/mol. The molecule has 0 aromatic rings. The van der Waals surface area contributed by atoms with Gasteiger partial charge in [0.1, 0.15) is 13.2 Å². The number of carbonyl (C=O) groups excluding carboxylic acids is 1. The molecule has 0 aliphatic rings. The van der Waals surface area contributed by atoms with Crippen molar-refractivity contribution in [1.29, 1.82) is 0 Å². The number of allylic oxidation sites excluding steroid dienone is 3. The highest BCUT2D eigenvalue weighted by Gasteiger charge is 2.27. The molecule has 8 nitrogen and oxygen atoms in total. The molecule has 0 saturated heterocycles. The molecule has 67 heavy (non-hydrogen) atoms. The Balaban J connectivity index is 4.10. The van der Waals surface area contributed by atoms with E-state index in [1.165, 1.54) is 231 Å². The van der Waals surface area contributed by atoms with Crippen LogP contribution in [0, 0.1) is 0 Å². The number of nitrogens with zero attached hydrogens (tertiary/aromatic N) is 1. The minimum atomic E-state index is -4.34. The highest BCUT2D eigenvalue weighted by atomic mass is 31.2. The van der Waals surface area contributed by atoms with E-state index in [0.29, 0.717) is 17.4 Å². The largest absolute Gasteiger partial charge is 0.472 e. The summed E-state index contributed by atoms with van der Waals surface area (Å²) in [6.45, 7) is 4.85. The lowest BCUT2D eigenvalue weighted by molar-refractivity contribution is -0.870. The number of nitrogens with one attached hydrogen (secondary N) is 1. The second-order valence-corrected chi connectivity index (χ2v) is 22.8. The van der Waals surface area contributed by atoms with Crippen LogP contribution in [0.15, 0.2) is 24.3 Å². The van der Waals surface area contributed by atoms with Gasteiger partial charge in [-0.25, -0.2) is 4.57 Å². The Bertz CT molecular complexity index is 1140. The fourth-order valence-corrected chi connectivity index (χ4v) is 9.54. The van der Waals surface area contributed by atoms with Crippen molar-refractivity contribution in [2.45, 2.75) is 302 Å². The smallest absolute Gasteiger partial charge is 0.387 e. The third-order valence-electron chi connectivity index (χ3n) is 13.4. The number of rotatable bonds is 54. The first-order valence-electron chi connectivity index (χ1n) is 29.2. The molecule has 0 aliphatic carbocycles. The summed E-state index contributed by atoms with van der Waals surface area (Å²) < 4.78 is 23.7. The molecule has 0 saturated carbocycles. The molecule has 0 rings (SSSR count). The maximum atomic E-state index is 13.0. The highest BCUT2D eigenvalue weighted by molar-refractivity contribution is 7.47. The van der Waals surface area contributed by atoms with Crippen LogP contribution >= 0.6 is 7.82 Å². The van der Waals surface area contributed by atoms with Crippen LogP contribution in [-0.4, -0.2) is 73.4 Å². The maximum absolute atomic E-state index is 13.0. The molecule has 3 N–H and O–H groups in total. The molecule has 0 spiro atoms. The number of hydrogen-bond acceptors (Lipinski definition) is 5. The van der Waals surface area contributed by atoms with Crippen molar-refractivity contribution < 1.29 is 32.9 Å². The van der Waals surface area contributed by atoms with E-state index in [4.69, 9.17) is 9.05 Å². The van der Waals surface area contributed by atoms with Crippen molar-refractivity contribution >= 4 is 13.7 Å². The molecule has 1 amide bonds. The number of hydrogen-bond donors (Lipinski definition) is 3. The summed E-state index contributed by atoms with van der Waals surface area (Å²) in [4.78, 5) is 23.3. The Morgan fingerprint density at radius 2 is 0.806 bits per heavy atom. The zero-order valence-corrected chi connectivity index (χ0v) is 46.3. The molecule has 0 radical (unpaired) electrons. The lowest BCUT2D eigenvalue weighted by Gasteiger charge is -2.25. The number of carbonyl (C=O) groups is 1. The van der Waals surface area contributed by atoms with Gasteiger partial charge in [0.15, 0.2) is 0 Å². The van der Waals surface area contributed by atoms with Gasteiger partial charge in [0, 0.05) is 6.42 Å². The summed E-state index contributed by atoms with van der Waals surface area (Å²) in [5, 5.41) is 13.9. The SMILES string of the molecule is CCCCCCCCCCCCCC/C=C\CCCCCCCCCCCCCCCC(=O)NC(COP(=O)(O)OCC[N+](C)(C)C)C(O)/C=C/CCCCCCCCCCCCCCCC. The minimum absolute atomic E-state index is 0.0634. The topological polar surface area (TPSA) is 105 Å². The lowest BCUT2D eigenvalue weighted by atomic mass is 10.0. The molecule has 0 bridgehead atoms. The summed E-state index contributed by atoms with van der Waals surface area (Å²) in [5.41, 5.74) is 0. The Labute approximate surface area is 417 Å². The molecule has 3 atom stereocenters. The molecule has 0 heterocycles. The van der Waals surface area contributed by atoms with Gasteiger partial charge in [0.25, 0.3) is 0 Å². The summed E-state index contributed by atoms with van der Waals surface area (Å²) in [6.07, 6.45) is 62.8. The van der Waals surface area contributed by atoms with Gasteiger partial charge in [0.05, 0.1) is 39.9 Å². The average molecular weight is 969 g/mol. The van der Waals surface area contributed by atoms with Crippen LogP contribution in [0.2, 0.25) is 0 Å². The van der Waals surface area contributed by atoms with Crippen molar-refractivity contribution in [3.8, 4) is 0 Å². The number of aliphatic hydroxyl groups excluding tert-OH is 1. The minimum Gasteiger partial charge on any atom is -0.387 e. The van der Waals surface area contributed by atoms with Crippen molar-refractivity contribution in [3.63, 3.8) is 0 Å². The van der Waals surface area contributed by atoms with E-state index in [1.54, 1.807) is 6.08 Å². The van der Waals surface area contributed by atoms with Gasteiger partial charge >= 0.3 is 7.82 Å². The summed E-state index contributed by atoms with van der Waals surface area (Å²) in [5.74, 6) is -0.173. The van der Waals surface area contributed by atoms with Crippen molar-refractivity contribution in [2.75, 3.05) is 40.9 Å². The maximum Gasteiger partial charge on any atom is 0.472 e. The first-order chi connectivity index (χ1) is 32.5. The molecule has 398 valence electrons. The van der Waals surface area contributed by atoms with E-state index < -0.39 is 20.0 Å². The zero-order valence-electron chi connectivity index (χ0n) is 45.4. The summed E-state index contributed by atoms with van der Waals surface area (Å²) >= 11 is 0. The predicted octanol–water partition coefficient (Wildman–Crippen LogP) is 17.6.